The average Bonchev–Trinajstić information content (AvgIpc) is 3.85. The Labute approximate surface area is 273 Å². The molecule has 1 aliphatic rings. The van der Waals surface area contributed by atoms with E-state index in [2.05, 4.69) is 70.9 Å². The molecule has 0 bridgehead atoms. The summed E-state index contributed by atoms with van der Waals surface area (Å²) in [6.45, 7) is 5.69. The lowest BCUT2D eigenvalue weighted by Crippen LogP contribution is -2.68. The van der Waals surface area contributed by atoms with Crippen molar-refractivity contribution in [1.29, 1.82) is 0 Å². The fraction of sp³-hybridized carbons (Fsp3) is 0.375. The smallest absolute Gasteiger partial charge is 0.261 e. The largest absolute Gasteiger partial charge is 0.402 e. The van der Waals surface area contributed by atoms with Gasteiger partial charge >= 0.3 is 0 Å². The summed E-state index contributed by atoms with van der Waals surface area (Å²) in [5, 5.41) is 1.05. The minimum atomic E-state index is -3.06. The van der Waals surface area contributed by atoms with Crippen molar-refractivity contribution in [3.8, 4) is 0 Å². The van der Waals surface area contributed by atoms with Crippen LogP contribution >= 0.6 is 39.3 Å². The third-order valence-electron chi connectivity index (χ3n) is 8.01. The second-order valence-electron chi connectivity index (χ2n) is 12.0. The van der Waals surface area contributed by atoms with Gasteiger partial charge in [-0.05, 0) is 56.4 Å². The molecule has 44 heavy (non-hydrogen) atoms. The van der Waals surface area contributed by atoms with Crippen molar-refractivity contribution < 1.29 is 22.0 Å². The van der Waals surface area contributed by atoms with Crippen LogP contribution in [0, 0.1) is 17.6 Å². The molecule has 12 heteroatoms. The Hall–Kier alpha value is -2.18. The lowest BCUT2D eigenvalue weighted by Gasteiger charge is -2.46. The molecule has 1 unspecified atom stereocenters. The zero-order chi connectivity index (χ0) is 31.8. The summed E-state index contributed by atoms with van der Waals surface area (Å²) in [4.78, 5) is 9.97. The van der Waals surface area contributed by atoms with Crippen LogP contribution in [0.3, 0.4) is 0 Å². The average molecular weight is 727 g/mol. The van der Waals surface area contributed by atoms with E-state index >= 15 is 8.78 Å². The van der Waals surface area contributed by atoms with E-state index in [1.165, 1.54) is 4.90 Å². The Morgan fingerprint density at radius 1 is 0.977 bits per heavy atom. The number of benzene rings is 3. The molecular formula is C32H33BrClF4N3OSSi. The lowest BCUT2D eigenvalue weighted by atomic mass is 10.1. The normalized spacial score (nSPS) is 14.8. The van der Waals surface area contributed by atoms with Crippen LogP contribution in [0.4, 0.5) is 23.4 Å². The van der Waals surface area contributed by atoms with Crippen molar-refractivity contribution in [2.45, 2.75) is 56.3 Å². The predicted octanol–water partition coefficient (Wildman–Crippen LogP) is 8.47. The minimum Gasteiger partial charge on any atom is -0.402 e. The Morgan fingerprint density at radius 2 is 1.55 bits per heavy atom. The third kappa shape index (κ3) is 6.40. The Morgan fingerprint density at radius 3 is 2.02 bits per heavy atom. The molecule has 0 saturated heterocycles. The number of halogens is 6. The lowest BCUT2D eigenvalue weighted by molar-refractivity contribution is 0.138. The van der Waals surface area contributed by atoms with Gasteiger partial charge in [-0.3, -0.25) is 0 Å². The number of fused-ring (bicyclic) bond motifs is 1. The molecule has 1 heterocycles. The minimum absolute atomic E-state index is 0.00577. The summed E-state index contributed by atoms with van der Waals surface area (Å²) in [6.07, 6.45) is 0.133. The number of rotatable bonds is 11. The van der Waals surface area contributed by atoms with E-state index in [-0.39, 0.29) is 43.9 Å². The van der Waals surface area contributed by atoms with Gasteiger partial charge in [0.15, 0.2) is 16.8 Å². The van der Waals surface area contributed by atoms with Gasteiger partial charge < -0.3 is 9.33 Å². The molecule has 3 aromatic carbocycles. The number of anilines is 1. The summed E-state index contributed by atoms with van der Waals surface area (Å²) in [5.41, 5.74) is -0.330. The van der Waals surface area contributed by atoms with Crippen LogP contribution in [0.5, 0.6) is 0 Å². The highest BCUT2D eigenvalue weighted by atomic mass is 79.9. The van der Waals surface area contributed by atoms with E-state index in [0.29, 0.717) is 0 Å². The molecule has 1 atom stereocenters. The Bertz CT molecular complexity index is 1590. The molecule has 0 radical (unpaired) electrons. The standard InChI is InChI=1S/C32H33BrClF4N3OSSi/c1-32(2,3)44(20-11-7-5-8-12-20,21-13-9-6-10-14-21)42-22(19-15-16-19)17-41(18-23(35)36)30-24-27(37)26(34)25(33)28(38)29(24)39-31(40-30)43-4/h5-14,19,22-23H,15-18H2,1-4H3. The molecule has 5 rings (SSSR count). The van der Waals surface area contributed by atoms with Crippen LogP contribution in [0.15, 0.2) is 70.3 Å². The molecule has 234 valence electrons. The van der Waals surface area contributed by atoms with Crippen molar-refractivity contribution in [2.24, 2.45) is 5.92 Å². The van der Waals surface area contributed by atoms with Crippen molar-refractivity contribution in [2.75, 3.05) is 24.2 Å². The molecule has 1 fully saturated rings. The van der Waals surface area contributed by atoms with Gasteiger partial charge in [-0.2, -0.15) is 0 Å². The molecular weight excluding hydrogens is 694 g/mol. The number of hydrogen-bond donors (Lipinski definition) is 0. The summed E-state index contributed by atoms with van der Waals surface area (Å²) >= 11 is 10.3. The molecule has 0 aliphatic heterocycles. The van der Waals surface area contributed by atoms with E-state index in [1.54, 1.807) is 6.26 Å². The molecule has 4 nitrogen and oxygen atoms in total. The number of aromatic nitrogens is 2. The van der Waals surface area contributed by atoms with Crippen LogP contribution in [-0.4, -0.2) is 50.2 Å². The highest BCUT2D eigenvalue weighted by molar-refractivity contribution is 9.10. The highest BCUT2D eigenvalue weighted by Gasteiger charge is 2.53. The first-order chi connectivity index (χ1) is 20.9. The van der Waals surface area contributed by atoms with E-state index < -0.39 is 44.0 Å². The van der Waals surface area contributed by atoms with Crippen molar-refractivity contribution >= 4 is 74.7 Å². The fourth-order valence-electron chi connectivity index (χ4n) is 5.82. The maximum atomic E-state index is 15.8. The predicted molar refractivity (Wildman–Crippen MR) is 177 cm³/mol. The SMILES string of the molecule is CSc1nc(N(CC(F)F)CC(O[Si](c2ccccc2)(c2ccccc2)C(C)(C)C)C2CC2)c2c(F)c(Cl)c(Br)c(F)c2n1. The fourth-order valence-corrected chi connectivity index (χ4v) is 11.5. The first-order valence-electron chi connectivity index (χ1n) is 14.3. The summed E-state index contributed by atoms with van der Waals surface area (Å²) in [7, 11) is -3.06. The van der Waals surface area contributed by atoms with E-state index in [1.807, 2.05) is 36.4 Å². The van der Waals surface area contributed by atoms with Gasteiger partial charge in [-0.25, -0.2) is 27.5 Å². The maximum Gasteiger partial charge on any atom is 0.261 e. The van der Waals surface area contributed by atoms with Crippen LogP contribution in [0.2, 0.25) is 10.1 Å². The monoisotopic (exact) mass is 725 g/mol. The second kappa shape index (κ2) is 13.3. The van der Waals surface area contributed by atoms with Crippen LogP contribution in [0.25, 0.3) is 10.9 Å². The summed E-state index contributed by atoms with van der Waals surface area (Å²) < 4.78 is 66.8. The van der Waals surface area contributed by atoms with E-state index in [0.717, 1.165) is 35.0 Å². The first-order valence-corrected chi connectivity index (χ1v) is 18.6. The highest BCUT2D eigenvalue weighted by Crippen LogP contribution is 2.44. The molecule has 0 spiro atoms. The maximum absolute atomic E-state index is 15.8. The van der Waals surface area contributed by atoms with Crippen LogP contribution in [-0.2, 0) is 4.43 Å². The Balaban J connectivity index is 1.68. The van der Waals surface area contributed by atoms with Crippen molar-refractivity contribution in [3.05, 3.63) is 81.8 Å². The van der Waals surface area contributed by atoms with Gasteiger partial charge in [0.1, 0.15) is 11.3 Å². The summed E-state index contributed by atoms with van der Waals surface area (Å²) in [5.74, 6) is -1.90. The van der Waals surface area contributed by atoms with Gasteiger partial charge in [0.25, 0.3) is 14.7 Å². The van der Waals surface area contributed by atoms with Gasteiger partial charge in [0, 0.05) is 6.54 Å². The molecule has 4 aromatic rings. The van der Waals surface area contributed by atoms with Crippen molar-refractivity contribution in [3.63, 3.8) is 0 Å². The Kier molecular flexibility index (Phi) is 10.0. The van der Waals surface area contributed by atoms with Crippen LogP contribution < -0.4 is 15.3 Å². The molecule has 1 aliphatic carbocycles. The number of hydrogen-bond acceptors (Lipinski definition) is 5. The molecule has 1 aromatic heterocycles. The number of thioether (sulfide) groups is 1. The molecule has 0 N–H and O–H groups in total. The number of alkyl halides is 2. The summed E-state index contributed by atoms with van der Waals surface area (Å²) in [6, 6.07) is 20.2. The molecule has 0 amide bonds. The topological polar surface area (TPSA) is 38.2 Å². The quantitative estimate of drug-likeness (QED) is 0.0388. The second-order valence-corrected chi connectivity index (χ2v) is 18.2. The molecule has 1 saturated carbocycles. The third-order valence-corrected chi connectivity index (χ3v) is 14.9. The first kappa shape index (κ1) is 33.2. The van der Waals surface area contributed by atoms with Crippen molar-refractivity contribution in [1.82, 2.24) is 9.97 Å². The van der Waals surface area contributed by atoms with Gasteiger partial charge in [-0.1, -0.05) is 105 Å². The van der Waals surface area contributed by atoms with E-state index in [4.69, 9.17) is 16.0 Å². The van der Waals surface area contributed by atoms with Crippen LogP contribution in [0.1, 0.15) is 33.6 Å². The van der Waals surface area contributed by atoms with E-state index in [9.17, 15) is 8.78 Å². The zero-order valence-electron chi connectivity index (χ0n) is 24.8. The van der Waals surface area contributed by atoms with Gasteiger partial charge in [0.2, 0.25) is 0 Å². The van der Waals surface area contributed by atoms with Gasteiger partial charge in [-0.15, -0.1) is 0 Å². The number of nitrogens with zero attached hydrogens (tertiary/aromatic N) is 3. The van der Waals surface area contributed by atoms with Gasteiger partial charge in [0.05, 0.1) is 27.5 Å². The zero-order valence-corrected chi connectivity index (χ0v) is 28.9.